The minimum atomic E-state index is -0.00330. The predicted molar refractivity (Wildman–Crippen MR) is 109 cm³/mol. The second-order valence-electron chi connectivity index (χ2n) is 7.96. The molecule has 1 heterocycles. The van der Waals surface area contributed by atoms with Crippen LogP contribution in [0.1, 0.15) is 42.7 Å². The van der Waals surface area contributed by atoms with Crippen LogP contribution in [-0.4, -0.2) is 31.2 Å². The van der Waals surface area contributed by atoms with Gasteiger partial charge in [0.15, 0.2) is 11.5 Å². The molecule has 4 nitrogen and oxygen atoms in total. The Balaban J connectivity index is 1.52. The van der Waals surface area contributed by atoms with Crippen LogP contribution >= 0.6 is 0 Å². The molecule has 28 heavy (non-hydrogen) atoms. The van der Waals surface area contributed by atoms with E-state index >= 15 is 0 Å². The van der Waals surface area contributed by atoms with Crippen molar-refractivity contribution in [3.63, 3.8) is 0 Å². The van der Waals surface area contributed by atoms with Gasteiger partial charge < -0.3 is 9.47 Å². The summed E-state index contributed by atoms with van der Waals surface area (Å²) in [7, 11) is 1.69. The third-order valence-corrected chi connectivity index (χ3v) is 6.02. The van der Waals surface area contributed by atoms with E-state index in [1.54, 1.807) is 7.11 Å². The van der Waals surface area contributed by atoms with Crippen molar-refractivity contribution in [3.8, 4) is 17.6 Å². The van der Waals surface area contributed by atoms with Gasteiger partial charge in [-0.05, 0) is 48.9 Å². The van der Waals surface area contributed by atoms with E-state index in [0.717, 1.165) is 44.0 Å². The zero-order chi connectivity index (χ0) is 19.3. The fraction of sp³-hybridized carbons (Fsp3) is 0.458. The molecular formula is C24H28N2O2. The molecule has 0 N–H and O–H groups in total. The monoisotopic (exact) mass is 376 g/mol. The molecule has 4 rings (SSSR count). The molecule has 2 aromatic rings. The Bertz CT molecular complexity index is 824. The Morgan fingerprint density at radius 1 is 1.04 bits per heavy atom. The van der Waals surface area contributed by atoms with E-state index in [9.17, 15) is 5.26 Å². The minimum Gasteiger partial charge on any atom is -0.493 e. The summed E-state index contributed by atoms with van der Waals surface area (Å²) in [4.78, 5) is 2.38. The van der Waals surface area contributed by atoms with Crippen molar-refractivity contribution < 1.29 is 9.47 Å². The number of benzene rings is 2. The number of likely N-dealkylation sites (tertiary alicyclic amines) is 1. The van der Waals surface area contributed by atoms with Crippen molar-refractivity contribution in [1.82, 2.24) is 4.90 Å². The van der Waals surface area contributed by atoms with Crippen LogP contribution in [0.15, 0.2) is 48.5 Å². The fourth-order valence-corrected chi connectivity index (χ4v) is 4.53. The smallest absolute Gasteiger partial charge is 0.161 e. The van der Waals surface area contributed by atoms with Crippen LogP contribution < -0.4 is 9.47 Å². The summed E-state index contributed by atoms with van der Waals surface area (Å²) >= 11 is 0. The van der Waals surface area contributed by atoms with E-state index in [4.69, 9.17) is 9.47 Å². The Labute approximate surface area is 167 Å². The number of hydrogen-bond acceptors (Lipinski definition) is 4. The van der Waals surface area contributed by atoms with Gasteiger partial charge in [0.05, 0.1) is 25.2 Å². The molecule has 1 saturated heterocycles. The lowest BCUT2D eigenvalue weighted by Gasteiger charge is -2.20. The summed E-state index contributed by atoms with van der Waals surface area (Å²) in [6, 6.07) is 19.2. The lowest BCUT2D eigenvalue weighted by atomic mass is 9.90. The molecule has 0 aromatic heterocycles. The van der Waals surface area contributed by atoms with Crippen molar-refractivity contribution in [2.45, 2.75) is 44.2 Å². The molecule has 0 bridgehead atoms. The molecule has 0 unspecified atom stereocenters. The topological polar surface area (TPSA) is 45.5 Å². The van der Waals surface area contributed by atoms with E-state index in [1.807, 2.05) is 12.1 Å². The van der Waals surface area contributed by atoms with Crippen molar-refractivity contribution >= 4 is 0 Å². The molecule has 0 radical (unpaired) electrons. The average Bonchev–Trinajstić information content (AvgIpc) is 3.38. The first-order valence-electron chi connectivity index (χ1n) is 10.3. The Morgan fingerprint density at radius 3 is 2.54 bits per heavy atom. The number of hydrogen-bond donors (Lipinski definition) is 0. The molecule has 0 spiro atoms. The maximum Gasteiger partial charge on any atom is 0.161 e. The van der Waals surface area contributed by atoms with Gasteiger partial charge in [-0.2, -0.15) is 5.26 Å². The summed E-state index contributed by atoms with van der Waals surface area (Å²) in [5.41, 5.74) is 2.47. The molecule has 2 aliphatic rings. The van der Waals surface area contributed by atoms with E-state index in [-0.39, 0.29) is 17.9 Å². The maximum absolute atomic E-state index is 9.75. The normalized spacial score (nSPS) is 22.9. The highest BCUT2D eigenvalue weighted by atomic mass is 16.5. The van der Waals surface area contributed by atoms with Crippen molar-refractivity contribution in [1.29, 1.82) is 5.26 Å². The van der Waals surface area contributed by atoms with Gasteiger partial charge in [-0.25, -0.2) is 0 Å². The largest absolute Gasteiger partial charge is 0.493 e. The predicted octanol–water partition coefficient (Wildman–Crippen LogP) is 4.76. The highest BCUT2D eigenvalue weighted by molar-refractivity contribution is 5.45. The van der Waals surface area contributed by atoms with Gasteiger partial charge in [-0.3, -0.25) is 4.90 Å². The quantitative estimate of drug-likeness (QED) is 0.729. The fourth-order valence-electron chi connectivity index (χ4n) is 4.53. The summed E-state index contributed by atoms with van der Waals surface area (Å²) in [6.45, 7) is 2.58. The molecule has 2 aromatic carbocycles. The minimum absolute atomic E-state index is 0.00330. The summed E-state index contributed by atoms with van der Waals surface area (Å²) in [6.07, 6.45) is 4.99. The first kappa shape index (κ1) is 18.8. The Kier molecular flexibility index (Phi) is 5.83. The number of ether oxygens (including phenoxy) is 2. The first-order valence-corrected chi connectivity index (χ1v) is 10.3. The van der Waals surface area contributed by atoms with Crippen LogP contribution in [0.25, 0.3) is 0 Å². The maximum atomic E-state index is 9.75. The lowest BCUT2D eigenvalue weighted by molar-refractivity contribution is 0.200. The standard InChI is InChI=1S/C24H28N2O2/c1-27-23-12-11-19(13-24(23)28-21-9-5-6-10-21)22-17-26(16-20(22)14-25)15-18-7-3-2-4-8-18/h2-4,7-8,11-13,20-22H,5-6,9-10,15-17H2,1H3/t20-,22+/m1/s1. The molecule has 0 amide bonds. The molecule has 4 heteroatoms. The molecule has 1 saturated carbocycles. The van der Waals surface area contributed by atoms with Gasteiger partial charge in [0, 0.05) is 25.6 Å². The molecule has 146 valence electrons. The molecule has 1 aliphatic heterocycles. The Hall–Kier alpha value is -2.51. The van der Waals surface area contributed by atoms with Crippen LogP contribution in [0.5, 0.6) is 11.5 Å². The molecule has 2 atom stereocenters. The van der Waals surface area contributed by atoms with Gasteiger partial charge in [-0.1, -0.05) is 36.4 Å². The van der Waals surface area contributed by atoms with E-state index in [0.29, 0.717) is 0 Å². The van der Waals surface area contributed by atoms with E-state index in [1.165, 1.54) is 24.0 Å². The van der Waals surface area contributed by atoms with Crippen LogP contribution in [-0.2, 0) is 6.54 Å². The van der Waals surface area contributed by atoms with Crippen molar-refractivity contribution in [3.05, 3.63) is 59.7 Å². The van der Waals surface area contributed by atoms with Gasteiger partial charge in [0.1, 0.15) is 0 Å². The number of nitriles is 1. The second-order valence-corrected chi connectivity index (χ2v) is 7.96. The summed E-state index contributed by atoms with van der Waals surface area (Å²) in [5.74, 6) is 1.80. The van der Waals surface area contributed by atoms with Crippen molar-refractivity contribution in [2.75, 3.05) is 20.2 Å². The number of rotatable bonds is 6. The SMILES string of the molecule is COc1ccc([C@@H]2CN(Cc3ccccc3)C[C@H]2C#N)cc1OC1CCCC1. The van der Waals surface area contributed by atoms with Gasteiger partial charge >= 0.3 is 0 Å². The lowest BCUT2D eigenvalue weighted by Crippen LogP contribution is -2.20. The molecule has 2 fully saturated rings. The van der Waals surface area contributed by atoms with Crippen LogP contribution in [0, 0.1) is 17.2 Å². The number of methoxy groups -OCH3 is 1. The third-order valence-electron chi connectivity index (χ3n) is 6.02. The van der Waals surface area contributed by atoms with Gasteiger partial charge in [-0.15, -0.1) is 0 Å². The Morgan fingerprint density at radius 2 is 1.82 bits per heavy atom. The first-order chi connectivity index (χ1) is 13.8. The van der Waals surface area contributed by atoms with Crippen LogP contribution in [0.4, 0.5) is 0 Å². The van der Waals surface area contributed by atoms with Gasteiger partial charge in [0.2, 0.25) is 0 Å². The molecular weight excluding hydrogens is 348 g/mol. The highest BCUT2D eigenvalue weighted by Crippen LogP contribution is 2.39. The van der Waals surface area contributed by atoms with E-state index in [2.05, 4.69) is 47.4 Å². The second kappa shape index (κ2) is 8.67. The van der Waals surface area contributed by atoms with Gasteiger partial charge in [0.25, 0.3) is 0 Å². The zero-order valence-electron chi connectivity index (χ0n) is 16.5. The summed E-state index contributed by atoms with van der Waals surface area (Å²) in [5, 5.41) is 9.75. The average molecular weight is 377 g/mol. The van der Waals surface area contributed by atoms with Crippen LogP contribution in [0.3, 0.4) is 0 Å². The third kappa shape index (κ3) is 4.15. The van der Waals surface area contributed by atoms with E-state index < -0.39 is 0 Å². The summed E-state index contributed by atoms with van der Waals surface area (Å²) < 4.78 is 11.8. The zero-order valence-corrected chi connectivity index (χ0v) is 16.5. The van der Waals surface area contributed by atoms with Crippen LogP contribution in [0.2, 0.25) is 0 Å². The number of nitrogens with zero attached hydrogens (tertiary/aromatic N) is 2. The van der Waals surface area contributed by atoms with Crippen molar-refractivity contribution in [2.24, 2.45) is 5.92 Å². The molecule has 1 aliphatic carbocycles. The highest BCUT2D eigenvalue weighted by Gasteiger charge is 2.34.